The number of aryl methyl sites for hydroxylation is 1. The van der Waals surface area contributed by atoms with Gasteiger partial charge in [0.25, 0.3) is 0 Å². The van der Waals surface area contributed by atoms with Crippen molar-refractivity contribution in [2.75, 3.05) is 7.11 Å². The van der Waals surface area contributed by atoms with Crippen molar-refractivity contribution in [2.24, 2.45) is 0 Å². The maximum atomic E-state index is 11.6. The maximum Gasteiger partial charge on any atom is 0.305 e. The first kappa shape index (κ1) is 27.3. The van der Waals surface area contributed by atoms with Crippen molar-refractivity contribution in [3.8, 4) is 0 Å². The van der Waals surface area contributed by atoms with Gasteiger partial charge in [-0.3, -0.25) is 4.79 Å². The first-order valence-corrected chi connectivity index (χ1v) is 15.4. The molecule has 4 heteroatoms. The van der Waals surface area contributed by atoms with Crippen molar-refractivity contribution in [1.82, 2.24) is 0 Å². The summed E-state index contributed by atoms with van der Waals surface area (Å²) < 4.78 is 11.8. The summed E-state index contributed by atoms with van der Waals surface area (Å²) in [5.41, 5.74) is 2.40. The Morgan fingerprint density at radius 1 is 1.09 bits per heavy atom. The lowest BCUT2D eigenvalue weighted by molar-refractivity contribution is -0.140. The molecule has 0 spiro atoms. The number of carbonyl (C=O) groups is 1. The quantitative estimate of drug-likeness (QED) is 0.135. The minimum Gasteiger partial charge on any atom is -0.469 e. The first-order valence-electron chi connectivity index (χ1n) is 12.5. The van der Waals surface area contributed by atoms with Gasteiger partial charge in [-0.25, -0.2) is 0 Å². The van der Waals surface area contributed by atoms with E-state index in [0.717, 1.165) is 18.4 Å². The van der Waals surface area contributed by atoms with Gasteiger partial charge < -0.3 is 9.16 Å². The van der Waals surface area contributed by atoms with Crippen LogP contribution in [0.15, 0.2) is 48.6 Å². The predicted molar refractivity (Wildman–Crippen MR) is 143 cm³/mol. The zero-order chi connectivity index (χ0) is 24.5. The van der Waals surface area contributed by atoms with Crippen molar-refractivity contribution < 1.29 is 14.0 Å². The molecular weight excluding hydrogens is 424 g/mol. The molecule has 2 rings (SSSR count). The second kappa shape index (κ2) is 12.5. The first-order chi connectivity index (χ1) is 15.6. The van der Waals surface area contributed by atoms with Gasteiger partial charge in [-0.05, 0) is 65.7 Å². The molecule has 0 radical (unpaired) electrons. The van der Waals surface area contributed by atoms with E-state index in [9.17, 15) is 4.79 Å². The molecule has 0 aliphatic rings. The number of benzene rings is 2. The topological polar surface area (TPSA) is 35.5 Å². The molecule has 1 unspecified atom stereocenters. The molecule has 2 aromatic carbocycles. The van der Waals surface area contributed by atoms with Crippen LogP contribution in [-0.4, -0.2) is 21.4 Å². The fourth-order valence-corrected chi connectivity index (χ4v) is 5.04. The second-order valence-corrected chi connectivity index (χ2v) is 15.3. The molecule has 0 aromatic heterocycles. The van der Waals surface area contributed by atoms with Crippen molar-refractivity contribution in [1.29, 1.82) is 0 Å². The van der Waals surface area contributed by atoms with E-state index in [4.69, 9.17) is 9.16 Å². The fraction of sp³-hybridized carbons (Fsp3) is 0.552. The van der Waals surface area contributed by atoms with Crippen LogP contribution >= 0.6 is 0 Å². The van der Waals surface area contributed by atoms with E-state index in [1.54, 1.807) is 0 Å². The summed E-state index contributed by atoms with van der Waals surface area (Å²) in [5.74, 6) is -0.171. The molecule has 0 saturated heterocycles. The third kappa shape index (κ3) is 8.11. The summed E-state index contributed by atoms with van der Waals surface area (Å²) >= 11 is 0. The normalized spacial score (nSPS) is 13.5. The monoisotopic (exact) mass is 468 g/mol. The standard InChI is InChI=1S/C29H44O3Si/c1-8-9-10-11-12-13-17-27(32-33(6,7)29(2,3)4)25-16-14-15-24-20-18-23(22-26(24)25)19-21-28(30)31-5/h12-16,18,20,22,27H,8-11,17,19,21H2,1-7H3/b13-12-. The van der Waals surface area contributed by atoms with Crippen LogP contribution in [0.25, 0.3) is 10.8 Å². The van der Waals surface area contributed by atoms with Crippen LogP contribution in [-0.2, 0) is 20.4 Å². The van der Waals surface area contributed by atoms with Crippen molar-refractivity contribution >= 4 is 25.1 Å². The van der Waals surface area contributed by atoms with Crippen molar-refractivity contribution in [3.63, 3.8) is 0 Å². The summed E-state index contributed by atoms with van der Waals surface area (Å²) in [5, 5.41) is 2.58. The van der Waals surface area contributed by atoms with Crippen LogP contribution in [0.4, 0.5) is 0 Å². The van der Waals surface area contributed by atoms with Gasteiger partial charge in [0.15, 0.2) is 8.32 Å². The van der Waals surface area contributed by atoms with E-state index in [-0.39, 0.29) is 17.1 Å². The highest BCUT2D eigenvalue weighted by molar-refractivity contribution is 6.74. The Labute approximate surface area is 202 Å². The van der Waals surface area contributed by atoms with Crippen LogP contribution in [0.5, 0.6) is 0 Å². The van der Waals surface area contributed by atoms with Gasteiger partial charge in [0.1, 0.15) is 0 Å². The van der Waals surface area contributed by atoms with Gasteiger partial charge in [0.05, 0.1) is 13.2 Å². The van der Waals surface area contributed by atoms with E-state index in [2.05, 4.69) is 89.3 Å². The number of ether oxygens (including phenoxy) is 1. The van der Waals surface area contributed by atoms with E-state index < -0.39 is 8.32 Å². The molecule has 0 fully saturated rings. The number of allylic oxidation sites excluding steroid dienone is 1. The van der Waals surface area contributed by atoms with Gasteiger partial charge >= 0.3 is 5.97 Å². The molecule has 3 nitrogen and oxygen atoms in total. The number of methoxy groups -OCH3 is 1. The number of hydrogen-bond donors (Lipinski definition) is 0. The van der Waals surface area contributed by atoms with Crippen LogP contribution in [0.2, 0.25) is 18.1 Å². The smallest absolute Gasteiger partial charge is 0.305 e. The van der Waals surface area contributed by atoms with E-state index in [1.807, 2.05) is 0 Å². The van der Waals surface area contributed by atoms with Gasteiger partial charge in [-0.1, -0.05) is 89.1 Å². The van der Waals surface area contributed by atoms with Gasteiger partial charge in [-0.2, -0.15) is 0 Å². The summed E-state index contributed by atoms with van der Waals surface area (Å²) in [6, 6.07) is 13.0. The van der Waals surface area contributed by atoms with Crippen LogP contribution < -0.4 is 0 Å². The molecule has 0 N–H and O–H groups in total. The Balaban J connectivity index is 2.38. The molecule has 1 atom stereocenters. The Morgan fingerprint density at radius 3 is 2.52 bits per heavy atom. The number of fused-ring (bicyclic) bond motifs is 1. The molecule has 182 valence electrons. The Bertz CT molecular complexity index is 924. The molecule has 2 aromatic rings. The third-order valence-electron chi connectivity index (χ3n) is 6.91. The van der Waals surface area contributed by atoms with Crippen molar-refractivity contribution in [2.45, 2.75) is 96.9 Å². The highest BCUT2D eigenvalue weighted by Crippen LogP contribution is 2.42. The van der Waals surface area contributed by atoms with E-state index in [0.29, 0.717) is 12.8 Å². The number of carbonyl (C=O) groups excluding carboxylic acids is 1. The lowest BCUT2D eigenvalue weighted by Crippen LogP contribution is -2.41. The predicted octanol–water partition coefficient (Wildman–Crippen LogP) is 8.53. The molecule has 0 aliphatic heterocycles. The Morgan fingerprint density at radius 2 is 1.85 bits per heavy atom. The molecule has 0 aliphatic carbocycles. The van der Waals surface area contributed by atoms with Gasteiger partial charge in [-0.15, -0.1) is 0 Å². The third-order valence-corrected chi connectivity index (χ3v) is 11.4. The largest absolute Gasteiger partial charge is 0.469 e. The molecule has 0 saturated carbocycles. The van der Waals surface area contributed by atoms with Crippen LogP contribution in [0.1, 0.15) is 83.5 Å². The van der Waals surface area contributed by atoms with Gasteiger partial charge in [0.2, 0.25) is 0 Å². The molecule has 0 amide bonds. The highest BCUT2D eigenvalue weighted by Gasteiger charge is 2.39. The summed E-state index contributed by atoms with van der Waals surface area (Å²) in [7, 11) is -0.519. The zero-order valence-electron chi connectivity index (χ0n) is 21.9. The molecule has 0 heterocycles. The van der Waals surface area contributed by atoms with E-state index in [1.165, 1.54) is 42.7 Å². The Hall–Kier alpha value is -1.91. The molecule has 0 bridgehead atoms. The van der Waals surface area contributed by atoms with Crippen molar-refractivity contribution in [3.05, 3.63) is 59.7 Å². The molecule has 33 heavy (non-hydrogen) atoms. The number of esters is 1. The Kier molecular flexibility index (Phi) is 10.4. The minimum atomic E-state index is -1.96. The second-order valence-electron chi connectivity index (χ2n) is 10.5. The zero-order valence-corrected chi connectivity index (χ0v) is 22.9. The summed E-state index contributed by atoms with van der Waals surface area (Å²) in [4.78, 5) is 11.6. The fourth-order valence-electron chi connectivity index (χ4n) is 3.75. The summed E-state index contributed by atoms with van der Waals surface area (Å²) in [6.45, 7) is 13.8. The van der Waals surface area contributed by atoms with E-state index >= 15 is 0 Å². The lowest BCUT2D eigenvalue weighted by atomic mass is 9.96. The lowest BCUT2D eigenvalue weighted by Gasteiger charge is -2.39. The maximum absolute atomic E-state index is 11.6. The average Bonchev–Trinajstić information content (AvgIpc) is 2.77. The average molecular weight is 469 g/mol. The number of hydrogen-bond acceptors (Lipinski definition) is 3. The molecular formula is C29H44O3Si. The SMILES string of the molecule is CCCCC/C=C\CC(O[Si](C)(C)C(C)(C)C)c1cccc2ccc(CCC(=O)OC)cc12. The minimum absolute atomic E-state index is 0.0212. The summed E-state index contributed by atoms with van der Waals surface area (Å²) in [6.07, 6.45) is 11.5. The van der Waals surface area contributed by atoms with Crippen LogP contribution in [0.3, 0.4) is 0 Å². The highest BCUT2D eigenvalue weighted by atomic mass is 28.4. The number of rotatable bonds is 12. The number of unbranched alkanes of at least 4 members (excludes halogenated alkanes) is 3. The van der Waals surface area contributed by atoms with Gasteiger partial charge in [0, 0.05) is 6.42 Å². The van der Waals surface area contributed by atoms with Crippen LogP contribution in [0, 0.1) is 0 Å².